The highest BCUT2D eigenvalue weighted by atomic mass is 79.9. The summed E-state index contributed by atoms with van der Waals surface area (Å²) in [6.07, 6.45) is -0.174. The van der Waals surface area contributed by atoms with E-state index in [2.05, 4.69) is 25.9 Å². The zero-order valence-corrected chi connectivity index (χ0v) is 20.7. The molecule has 0 unspecified atom stereocenters. The average molecular weight is 564 g/mol. The second-order valence-corrected chi connectivity index (χ2v) is 9.78. The molecule has 1 aromatic heterocycles. The van der Waals surface area contributed by atoms with Crippen molar-refractivity contribution in [2.75, 3.05) is 12.3 Å². The van der Waals surface area contributed by atoms with E-state index in [-0.39, 0.29) is 53.5 Å². The third kappa shape index (κ3) is 5.09. The Balaban J connectivity index is 1.90. The predicted molar refractivity (Wildman–Crippen MR) is 133 cm³/mol. The van der Waals surface area contributed by atoms with Gasteiger partial charge in [-0.25, -0.2) is 23.1 Å². The summed E-state index contributed by atoms with van der Waals surface area (Å²) in [6, 6.07) is 6.74. The van der Waals surface area contributed by atoms with Crippen LogP contribution in [0.4, 0.5) is 19.0 Å². The Morgan fingerprint density at radius 3 is 2.61 bits per heavy atom. The molecule has 190 valence electrons. The number of primary amides is 1. The number of nitrogen functional groups attached to an aromatic ring is 1. The van der Waals surface area contributed by atoms with Crippen molar-refractivity contribution in [3.05, 3.63) is 75.0 Å². The van der Waals surface area contributed by atoms with Gasteiger partial charge in [0.1, 0.15) is 29.3 Å². The third-order valence-electron chi connectivity index (χ3n) is 6.55. The summed E-state index contributed by atoms with van der Waals surface area (Å²) in [5.74, 6) is -3.71. The first-order valence-electron chi connectivity index (χ1n) is 11.3. The minimum Gasteiger partial charge on any atom is -0.390 e. The van der Waals surface area contributed by atoms with Gasteiger partial charge < -0.3 is 22.3 Å². The predicted octanol–water partition coefficient (Wildman–Crippen LogP) is 3.92. The molecule has 0 radical (unpaired) electrons. The molecule has 1 fully saturated rings. The lowest BCUT2D eigenvalue weighted by Gasteiger charge is -2.28. The molecule has 0 spiro atoms. The van der Waals surface area contributed by atoms with Crippen LogP contribution in [-0.4, -0.2) is 39.8 Å². The van der Waals surface area contributed by atoms with E-state index in [9.17, 15) is 18.7 Å². The Kier molecular flexibility index (Phi) is 7.62. The van der Waals surface area contributed by atoms with Crippen LogP contribution < -0.4 is 17.2 Å². The van der Waals surface area contributed by atoms with Crippen LogP contribution in [0.1, 0.15) is 58.3 Å². The number of hydrogen-bond donors (Lipinski definition) is 4. The molecule has 1 aliphatic carbocycles. The topological polar surface area (TPSA) is 141 Å². The first-order chi connectivity index (χ1) is 17.1. The summed E-state index contributed by atoms with van der Waals surface area (Å²) in [5, 5.41) is 9.74. The number of alkyl halides is 1. The van der Waals surface area contributed by atoms with Crippen LogP contribution in [0.3, 0.4) is 0 Å². The molecule has 2 aromatic carbocycles. The number of benzene rings is 2. The molecule has 4 rings (SSSR count). The van der Waals surface area contributed by atoms with Crippen molar-refractivity contribution >= 4 is 27.7 Å². The van der Waals surface area contributed by atoms with Crippen LogP contribution in [0.2, 0.25) is 0 Å². The molecule has 0 aliphatic heterocycles. The third-order valence-corrected chi connectivity index (χ3v) is 7.01. The summed E-state index contributed by atoms with van der Waals surface area (Å²) in [6.45, 7) is -0.140. The van der Waals surface area contributed by atoms with Gasteiger partial charge >= 0.3 is 0 Å². The molecule has 1 saturated carbocycles. The minimum atomic E-state index is -1.40. The SMILES string of the molecule is NC[C@@H](c1cc(F)cc(Br)c1)c1c(-c2nc([C@@H]3CC[C@@H](O)[C@@H](F)C3)cnc2N)ccc(C(N)=O)c1F. The van der Waals surface area contributed by atoms with E-state index < -0.39 is 35.7 Å². The van der Waals surface area contributed by atoms with Crippen molar-refractivity contribution in [3.8, 4) is 11.3 Å². The zero-order chi connectivity index (χ0) is 26.1. The van der Waals surface area contributed by atoms with Gasteiger partial charge in [-0.1, -0.05) is 22.0 Å². The molecule has 3 aromatic rings. The van der Waals surface area contributed by atoms with E-state index in [0.29, 0.717) is 22.2 Å². The molecule has 7 nitrogen and oxygen atoms in total. The van der Waals surface area contributed by atoms with Crippen LogP contribution in [0, 0.1) is 11.6 Å². The lowest BCUT2D eigenvalue weighted by molar-refractivity contribution is 0.0363. The summed E-state index contributed by atoms with van der Waals surface area (Å²) >= 11 is 3.24. The molecule has 1 amide bonds. The normalized spacial score (nSPS) is 20.8. The van der Waals surface area contributed by atoms with Crippen molar-refractivity contribution in [2.45, 2.75) is 43.4 Å². The van der Waals surface area contributed by atoms with E-state index in [1.165, 1.54) is 30.5 Å². The summed E-state index contributed by atoms with van der Waals surface area (Å²) in [7, 11) is 0. The van der Waals surface area contributed by atoms with Gasteiger partial charge in [-0.05, 0) is 49.1 Å². The minimum absolute atomic E-state index is 0.0185. The number of aliphatic hydroxyl groups is 1. The molecular weight excluding hydrogens is 539 g/mol. The number of amides is 1. The summed E-state index contributed by atoms with van der Waals surface area (Å²) in [4.78, 5) is 20.7. The monoisotopic (exact) mass is 563 g/mol. The second-order valence-electron chi connectivity index (χ2n) is 8.87. The maximum absolute atomic E-state index is 15.8. The van der Waals surface area contributed by atoms with Crippen molar-refractivity contribution in [1.29, 1.82) is 0 Å². The smallest absolute Gasteiger partial charge is 0.251 e. The fourth-order valence-corrected chi connectivity index (χ4v) is 5.19. The van der Waals surface area contributed by atoms with Crippen molar-refractivity contribution in [3.63, 3.8) is 0 Å². The number of rotatable bonds is 6. The van der Waals surface area contributed by atoms with E-state index >= 15 is 4.39 Å². The maximum Gasteiger partial charge on any atom is 0.251 e. The van der Waals surface area contributed by atoms with E-state index in [4.69, 9.17) is 17.2 Å². The summed E-state index contributed by atoms with van der Waals surface area (Å²) in [5.41, 5.74) is 18.3. The fourth-order valence-electron chi connectivity index (χ4n) is 4.70. The van der Waals surface area contributed by atoms with Gasteiger partial charge in [0.2, 0.25) is 0 Å². The van der Waals surface area contributed by atoms with E-state index in [1.54, 1.807) is 6.07 Å². The highest BCUT2D eigenvalue weighted by molar-refractivity contribution is 9.10. The standard InChI is InChI=1S/C25H25BrF3N5O2/c26-13-5-12(6-14(27)8-13)17(9-30)21-15(2-3-16(22(21)29)25(32)36)23-24(31)33-10-19(34-23)11-1-4-20(35)18(28)7-11/h2-3,5-6,8,10-11,17-18,20,35H,1,4,7,9,30H2,(H2,31,33)(H2,32,36)/t11-,17+,18+,20-/m1/s1. The van der Waals surface area contributed by atoms with E-state index in [1.807, 2.05) is 0 Å². The van der Waals surface area contributed by atoms with Gasteiger partial charge in [0, 0.05) is 34.0 Å². The van der Waals surface area contributed by atoms with Gasteiger partial charge in [-0.15, -0.1) is 0 Å². The fraction of sp³-hybridized carbons (Fsp3) is 0.320. The second kappa shape index (κ2) is 10.5. The van der Waals surface area contributed by atoms with Gasteiger partial charge in [0.25, 0.3) is 5.91 Å². The first-order valence-corrected chi connectivity index (χ1v) is 12.1. The highest BCUT2D eigenvalue weighted by Gasteiger charge is 2.32. The highest BCUT2D eigenvalue weighted by Crippen LogP contribution is 2.40. The molecule has 0 bridgehead atoms. The average Bonchev–Trinajstić information content (AvgIpc) is 2.82. The Bertz CT molecular complexity index is 1290. The van der Waals surface area contributed by atoms with Crippen molar-refractivity contribution < 1.29 is 23.1 Å². The maximum atomic E-state index is 15.8. The Labute approximate surface area is 214 Å². The molecule has 4 atom stereocenters. The number of nitrogens with zero attached hydrogens (tertiary/aromatic N) is 2. The molecule has 7 N–H and O–H groups in total. The Morgan fingerprint density at radius 1 is 1.22 bits per heavy atom. The quantitative estimate of drug-likeness (QED) is 0.358. The number of aromatic nitrogens is 2. The number of carbonyl (C=O) groups is 1. The molecule has 11 heteroatoms. The molecule has 0 saturated heterocycles. The largest absolute Gasteiger partial charge is 0.390 e. The molecular formula is C25H25BrF3N5O2. The van der Waals surface area contributed by atoms with Crippen molar-refractivity contribution in [2.24, 2.45) is 11.5 Å². The van der Waals surface area contributed by atoms with Crippen LogP contribution in [0.15, 0.2) is 41.0 Å². The van der Waals surface area contributed by atoms with Gasteiger partial charge in [0.15, 0.2) is 0 Å². The molecule has 1 heterocycles. The number of halogens is 4. The number of nitrogens with two attached hydrogens (primary N) is 3. The number of anilines is 1. The number of carbonyl (C=O) groups excluding carboxylic acids is 1. The molecule has 36 heavy (non-hydrogen) atoms. The van der Waals surface area contributed by atoms with Gasteiger partial charge in [-0.2, -0.15) is 0 Å². The van der Waals surface area contributed by atoms with Crippen LogP contribution in [0.25, 0.3) is 11.3 Å². The number of hydrogen-bond acceptors (Lipinski definition) is 6. The summed E-state index contributed by atoms with van der Waals surface area (Å²) < 4.78 is 44.7. The molecule has 1 aliphatic rings. The zero-order valence-electron chi connectivity index (χ0n) is 19.1. The lowest BCUT2D eigenvalue weighted by Crippen LogP contribution is -2.30. The number of aliphatic hydroxyl groups excluding tert-OH is 1. The van der Waals surface area contributed by atoms with Crippen LogP contribution >= 0.6 is 15.9 Å². The first kappa shape index (κ1) is 26.1. The van der Waals surface area contributed by atoms with E-state index in [0.717, 1.165) is 0 Å². The Morgan fingerprint density at radius 2 is 1.97 bits per heavy atom. The van der Waals surface area contributed by atoms with Crippen LogP contribution in [-0.2, 0) is 0 Å². The lowest BCUT2D eigenvalue weighted by atomic mass is 9.83. The van der Waals surface area contributed by atoms with Gasteiger partial charge in [-0.3, -0.25) is 4.79 Å². The Hall–Kier alpha value is -3.02. The van der Waals surface area contributed by atoms with Crippen LogP contribution in [0.5, 0.6) is 0 Å². The van der Waals surface area contributed by atoms with Gasteiger partial charge in [0.05, 0.1) is 23.6 Å². The van der Waals surface area contributed by atoms with Crippen molar-refractivity contribution in [1.82, 2.24) is 9.97 Å².